The number of aliphatic carboxylic acids is 1. The number of carboxylic acid groups (broad SMARTS) is 1. The summed E-state index contributed by atoms with van der Waals surface area (Å²) in [6.07, 6.45) is 3.52. The topological polar surface area (TPSA) is 70.8 Å². The Morgan fingerprint density at radius 3 is 2.71 bits per heavy atom. The Kier molecular flexibility index (Phi) is 3.46. The lowest BCUT2D eigenvalue weighted by molar-refractivity contribution is -0.141. The molecule has 2 rings (SSSR count). The summed E-state index contributed by atoms with van der Waals surface area (Å²) in [6, 6.07) is 3.86. The summed E-state index contributed by atoms with van der Waals surface area (Å²) in [7, 11) is 0. The summed E-state index contributed by atoms with van der Waals surface area (Å²) < 4.78 is 5.21. The zero-order valence-corrected chi connectivity index (χ0v) is 9.46. The largest absolute Gasteiger partial charge is 0.481 e. The minimum absolute atomic E-state index is 0.0620. The van der Waals surface area contributed by atoms with Crippen molar-refractivity contribution in [2.75, 3.05) is 0 Å². The molecule has 0 aromatic carbocycles. The van der Waals surface area contributed by atoms with Gasteiger partial charge in [-0.25, -0.2) is 0 Å². The van der Waals surface area contributed by atoms with Crippen LogP contribution in [0.15, 0.2) is 22.8 Å². The molecular formula is C12H15NO4. The maximum atomic E-state index is 11.9. The van der Waals surface area contributed by atoms with E-state index in [9.17, 15) is 9.59 Å². The minimum Gasteiger partial charge on any atom is -0.481 e. The van der Waals surface area contributed by atoms with E-state index >= 15 is 0 Å². The van der Waals surface area contributed by atoms with E-state index in [1.165, 1.54) is 0 Å². The third kappa shape index (κ3) is 3.34. The van der Waals surface area contributed by atoms with E-state index < -0.39 is 5.97 Å². The van der Waals surface area contributed by atoms with Gasteiger partial charge in [0.2, 0.25) is 5.91 Å². The van der Waals surface area contributed by atoms with Crippen LogP contribution in [0.3, 0.4) is 0 Å². The molecule has 1 saturated carbocycles. The minimum atomic E-state index is -0.938. The monoisotopic (exact) mass is 237 g/mol. The molecule has 0 bridgehead atoms. The molecule has 1 aliphatic carbocycles. The lowest BCUT2D eigenvalue weighted by Gasteiger charge is -2.20. The fourth-order valence-corrected chi connectivity index (χ4v) is 1.74. The van der Waals surface area contributed by atoms with Gasteiger partial charge in [0.15, 0.2) is 0 Å². The molecule has 0 radical (unpaired) electrons. The second-order valence-corrected chi connectivity index (χ2v) is 4.23. The fraction of sp³-hybridized carbons (Fsp3) is 0.500. The highest BCUT2D eigenvalue weighted by molar-refractivity contribution is 5.81. The van der Waals surface area contributed by atoms with Gasteiger partial charge in [0.25, 0.3) is 0 Å². The van der Waals surface area contributed by atoms with Crippen molar-refractivity contribution in [3.63, 3.8) is 0 Å². The number of carboxylic acids is 1. The molecule has 0 saturated heterocycles. The molecule has 1 aliphatic rings. The second kappa shape index (κ2) is 5.03. The van der Waals surface area contributed by atoms with Crippen molar-refractivity contribution in [1.29, 1.82) is 0 Å². The van der Waals surface area contributed by atoms with Crippen LogP contribution in [0.4, 0.5) is 0 Å². The van der Waals surface area contributed by atoms with Crippen LogP contribution in [-0.4, -0.2) is 27.9 Å². The van der Waals surface area contributed by atoms with Gasteiger partial charge in [-0.05, 0) is 25.0 Å². The molecule has 92 valence electrons. The molecule has 0 unspecified atom stereocenters. The Bertz CT molecular complexity index is 395. The van der Waals surface area contributed by atoms with Crippen LogP contribution in [0.25, 0.3) is 0 Å². The number of amides is 1. The highest BCUT2D eigenvalue weighted by atomic mass is 16.4. The van der Waals surface area contributed by atoms with Crippen molar-refractivity contribution < 1.29 is 19.1 Å². The maximum absolute atomic E-state index is 11.9. The van der Waals surface area contributed by atoms with Gasteiger partial charge in [0.1, 0.15) is 5.76 Å². The van der Waals surface area contributed by atoms with Crippen molar-refractivity contribution in [3.05, 3.63) is 24.2 Å². The van der Waals surface area contributed by atoms with Crippen molar-refractivity contribution in [1.82, 2.24) is 4.90 Å². The molecule has 0 atom stereocenters. The Morgan fingerprint density at radius 2 is 2.18 bits per heavy atom. The summed E-state index contributed by atoms with van der Waals surface area (Å²) in [5, 5.41) is 8.57. The first-order chi connectivity index (χ1) is 8.16. The third-order valence-electron chi connectivity index (χ3n) is 2.77. The maximum Gasteiger partial charge on any atom is 0.303 e. The zero-order valence-electron chi connectivity index (χ0n) is 9.46. The summed E-state index contributed by atoms with van der Waals surface area (Å²) in [6.45, 7) is 0.441. The predicted octanol–water partition coefficient (Wildman–Crippen LogP) is 1.64. The van der Waals surface area contributed by atoms with Gasteiger partial charge in [-0.1, -0.05) is 0 Å². The van der Waals surface area contributed by atoms with Gasteiger partial charge in [-0.3, -0.25) is 9.59 Å². The number of carbonyl (C=O) groups is 2. The van der Waals surface area contributed by atoms with Crippen LogP contribution in [0.2, 0.25) is 0 Å². The molecule has 0 aliphatic heterocycles. The van der Waals surface area contributed by atoms with Crippen molar-refractivity contribution >= 4 is 11.9 Å². The number of nitrogens with zero attached hydrogens (tertiary/aromatic N) is 1. The Morgan fingerprint density at radius 1 is 1.41 bits per heavy atom. The van der Waals surface area contributed by atoms with E-state index in [1.807, 2.05) is 6.07 Å². The molecule has 1 aromatic rings. The Labute approximate surface area is 99.0 Å². The van der Waals surface area contributed by atoms with Gasteiger partial charge < -0.3 is 14.4 Å². The summed E-state index contributed by atoms with van der Waals surface area (Å²) in [4.78, 5) is 24.0. The van der Waals surface area contributed by atoms with Crippen molar-refractivity contribution in [2.45, 2.75) is 38.3 Å². The number of hydrogen-bond acceptors (Lipinski definition) is 3. The van der Waals surface area contributed by atoms with Crippen LogP contribution in [0.5, 0.6) is 0 Å². The quantitative estimate of drug-likeness (QED) is 0.816. The number of furan rings is 1. The average molecular weight is 237 g/mol. The van der Waals surface area contributed by atoms with Crippen LogP contribution in [0, 0.1) is 0 Å². The van der Waals surface area contributed by atoms with E-state index in [2.05, 4.69) is 0 Å². The van der Waals surface area contributed by atoms with Crippen LogP contribution in [-0.2, 0) is 16.1 Å². The number of hydrogen-bond donors (Lipinski definition) is 1. The SMILES string of the molecule is O=C(O)CCC(=O)N(Cc1ccco1)C1CC1. The standard InChI is InChI=1S/C12H15NO4/c14-11(5-6-12(15)16)13(9-3-4-9)8-10-2-1-7-17-10/h1-2,7,9H,3-6,8H2,(H,15,16). The highest BCUT2D eigenvalue weighted by Gasteiger charge is 2.32. The number of rotatable bonds is 6. The van der Waals surface area contributed by atoms with Gasteiger partial charge in [-0.2, -0.15) is 0 Å². The molecule has 0 spiro atoms. The normalized spacial score (nSPS) is 14.6. The van der Waals surface area contributed by atoms with Gasteiger partial charge in [-0.15, -0.1) is 0 Å². The first-order valence-electron chi connectivity index (χ1n) is 5.70. The second-order valence-electron chi connectivity index (χ2n) is 4.23. The van der Waals surface area contributed by atoms with Crippen LogP contribution in [0.1, 0.15) is 31.4 Å². The molecule has 1 amide bonds. The smallest absolute Gasteiger partial charge is 0.303 e. The molecule has 1 fully saturated rings. The molecule has 17 heavy (non-hydrogen) atoms. The van der Waals surface area contributed by atoms with Crippen LogP contribution < -0.4 is 0 Å². The van der Waals surface area contributed by atoms with Gasteiger partial charge in [0, 0.05) is 12.5 Å². The molecule has 5 heteroatoms. The molecule has 1 N–H and O–H groups in total. The summed E-state index contributed by atoms with van der Waals surface area (Å²) >= 11 is 0. The lowest BCUT2D eigenvalue weighted by Crippen LogP contribution is -2.32. The highest BCUT2D eigenvalue weighted by Crippen LogP contribution is 2.29. The lowest BCUT2D eigenvalue weighted by atomic mass is 10.2. The van der Waals surface area contributed by atoms with E-state index in [4.69, 9.17) is 9.52 Å². The molecule has 1 aromatic heterocycles. The van der Waals surface area contributed by atoms with E-state index in [0.717, 1.165) is 18.6 Å². The first kappa shape index (κ1) is 11.7. The third-order valence-corrected chi connectivity index (χ3v) is 2.77. The Hall–Kier alpha value is -1.78. The average Bonchev–Trinajstić information content (AvgIpc) is 3.00. The van der Waals surface area contributed by atoms with Gasteiger partial charge in [0.05, 0.1) is 19.2 Å². The van der Waals surface area contributed by atoms with Crippen molar-refractivity contribution in [3.8, 4) is 0 Å². The predicted molar refractivity (Wildman–Crippen MR) is 59.1 cm³/mol. The van der Waals surface area contributed by atoms with E-state index in [0.29, 0.717) is 6.54 Å². The zero-order chi connectivity index (χ0) is 12.3. The molecule has 5 nitrogen and oxygen atoms in total. The van der Waals surface area contributed by atoms with E-state index in [-0.39, 0.29) is 24.8 Å². The van der Waals surface area contributed by atoms with E-state index in [1.54, 1.807) is 17.2 Å². The van der Waals surface area contributed by atoms with Gasteiger partial charge >= 0.3 is 5.97 Å². The summed E-state index contributed by atoms with van der Waals surface area (Å²) in [5.74, 6) is -0.307. The van der Waals surface area contributed by atoms with Crippen LogP contribution >= 0.6 is 0 Å². The summed E-state index contributed by atoms with van der Waals surface area (Å²) in [5.41, 5.74) is 0. The molecule has 1 heterocycles. The first-order valence-corrected chi connectivity index (χ1v) is 5.70. The van der Waals surface area contributed by atoms with Crippen molar-refractivity contribution in [2.24, 2.45) is 0 Å². The number of carbonyl (C=O) groups excluding carboxylic acids is 1. The molecular weight excluding hydrogens is 222 g/mol. The Balaban J connectivity index is 1.92. The fourth-order valence-electron chi connectivity index (χ4n) is 1.74.